The van der Waals surface area contributed by atoms with Crippen LogP contribution in [0.2, 0.25) is 0 Å². The van der Waals surface area contributed by atoms with E-state index >= 15 is 0 Å². The fraction of sp³-hybridized carbons (Fsp3) is 0.750. The van der Waals surface area contributed by atoms with E-state index in [0.717, 1.165) is 38.3 Å². The Hall–Kier alpha value is -1.40. The van der Waals surface area contributed by atoms with Crippen molar-refractivity contribution in [2.45, 2.75) is 44.8 Å². The van der Waals surface area contributed by atoms with Crippen molar-refractivity contribution in [2.75, 3.05) is 34.4 Å². The van der Waals surface area contributed by atoms with Gasteiger partial charge in [0.1, 0.15) is 5.82 Å². The molecule has 0 unspecified atom stereocenters. The van der Waals surface area contributed by atoms with E-state index in [1.807, 2.05) is 26.5 Å². The van der Waals surface area contributed by atoms with Gasteiger partial charge in [-0.1, -0.05) is 0 Å². The Morgan fingerprint density at radius 1 is 1.50 bits per heavy atom. The highest BCUT2D eigenvalue weighted by molar-refractivity contribution is 5.77. The van der Waals surface area contributed by atoms with Crippen LogP contribution in [0.4, 0.5) is 0 Å². The van der Waals surface area contributed by atoms with Crippen molar-refractivity contribution in [3.8, 4) is 0 Å². The van der Waals surface area contributed by atoms with E-state index in [0.29, 0.717) is 13.0 Å². The second kappa shape index (κ2) is 7.24. The molecule has 2 heterocycles. The standard InChI is InChI=1S/C16H28N4O2/c1-5-19-10-8-17-14(19)12-20-9-6-7-16(20,13-22-4)11-15(21)18(2)3/h8,10H,5-7,9,11-13H2,1-4H3/t16-/m0/s1. The Labute approximate surface area is 133 Å². The van der Waals surface area contributed by atoms with Crippen LogP contribution in [0.25, 0.3) is 0 Å². The molecule has 2 rings (SSSR count). The van der Waals surface area contributed by atoms with Crippen molar-refractivity contribution < 1.29 is 9.53 Å². The van der Waals surface area contributed by atoms with Crippen molar-refractivity contribution in [2.24, 2.45) is 0 Å². The highest BCUT2D eigenvalue weighted by Crippen LogP contribution is 2.34. The Kier molecular flexibility index (Phi) is 5.58. The average Bonchev–Trinajstić information content (AvgIpc) is 3.07. The highest BCUT2D eigenvalue weighted by Gasteiger charge is 2.43. The van der Waals surface area contributed by atoms with Gasteiger partial charge in [-0.25, -0.2) is 4.98 Å². The van der Waals surface area contributed by atoms with Gasteiger partial charge in [0.15, 0.2) is 0 Å². The van der Waals surface area contributed by atoms with Crippen LogP contribution >= 0.6 is 0 Å². The zero-order valence-electron chi connectivity index (χ0n) is 14.2. The number of amides is 1. The molecule has 0 aromatic carbocycles. The normalized spacial score (nSPS) is 22.2. The predicted molar refractivity (Wildman–Crippen MR) is 85.5 cm³/mol. The fourth-order valence-electron chi connectivity index (χ4n) is 3.31. The third-order valence-electron chi connectivity index (χ3n) is 4.61. The second-order valence-electron chi connectivity index (χ2n) is 6.28. The van der Waals surface area contributed by atoms with Gasteiger partial charge in [-0.15, -0.1) is 0 Å². The van der Waals surface area contributed by atoms with Gasteiger partial charge in [-0.05, 0) is 26.3 Å². The van der Waals surface area contributed by atoms with Gasteiger partial charge in [0.25, 0.3) is 0 Å². The molecule has 0 N–H and O–H groups in total. The van der Waals surface area contributed by atoms with Crippen LogP contribution in [-0.2, 0) is 22.6 Å². The van der Waals surface area contributed by atoms with Crippen LogP contribution < -0.4 is 0 Å². The summed E-state index contributed by atoms with van der Waals surface area (Å²) in [5.74, 6) is 1.21. The average molecular weight is 308 g/mol. The summed E-state index contributed by atoms with van der Waals surface area (Å²) in [6, 6.07) is 0. The number of hydrogen-bond donors (Lipinski definition) is 0. The zero-order valence-corrected chi connectivity index (χ0v) is 14.2. The smallest absolute Gasteiger partial charge is 0.224 e. The van der Waals surface area contributed by atoms with E-state index in [1.54, 1.807) is 12.0 Å². The first kappa shape index (κ1) is 17.0. The summed E-state index contributed by atoms with van der Waals surface area (Å²) in [7, 11) is 5.34. The molecule has 1 amide bonds. The molecule has 1 saturated heterocycles. The van der Waals surface area contributed by atoms with Gasteiger partial charge in [0.05, 0.1) is 18.7 Å². The summed E-state index contributed by atoms with van der Waals surface area (Å²) in [6.07, 6.45) is 6.44. The summed E-state index contributed by atoms with van der Waals surface area (Å²) in [5.41, 5.74) is -0.208. The van der Waals surface area contributed by atoms with Crippen molar-refractivity contribution in [1.29, 1.82) is 0 Å². The lowest BCUT2D eigenvalue weighted by Crippen LogP contribution is -2.50. The Morgan fingerprint density at radius 3 is 2.91 bits per heavy atom. The number of rotatable bonds is 7. The summed E-state index contributed by atoms with van der Waals surface area (Å²) < 4.78 is 7.63. The molecular weight excluding hydrogens is 280 g/mol. The summed E-state index contributed by atoms with van der Waals surface area (Å²) in [6.45, 7) is 5.37. The quantitative estimate of drug-likeness (QED) is 0.763. The lowest BCUT2D eigenvalue weighted by Gasteiger charge is -2.38. The summed E-state index contributed by atoms with van der Waals surface area (Å²) in [4.78, 5) is 20.8. The van der Waals surface area contributed by atoms with Crippen molar-refractivity contribution in [3.63, 3.8) is 0 Å². The molecule has 124 valence electrons. The number of aryl methyl sites for hydroxylation is 1. The molecule has 1 aliphatic rings. The van der Waals surface area contributed by atoms with E-state index in [2.05, 4.69) is 21.4 Å². The van der Waals surface area contributed by atoms with Crippen LogP contribution in [-0.4, -0.2) is 65.2 Å². The topological polar surface area (TPSA) is 50.6 Å². The molecule has 1 aromatic rings. The van der Waals surface area contributed by atoms with E-state index in [-0.39, 0.29) is 11.4 Å². The largest absolute Gasteiger partial charge is 0.383 e. The van der Waals surface area contributed by atoms with Gasteiger partial charge < -0.3 is 14.2 Å². The van der Waals surface area contributed by atoms with Gasteiger partial charge in [-0.3, -0.25) is 9.69 Å². The maximum absolute atomic E-state index is 12.3. The van der Waals surface area contributed by atoms with E-state index in [4.69, 9.17) is 4.74 Å². The first-order chi connectivity index (χ1) is 10.5. The minimum absolute atomic E-state index is 0.155. The molecule has 1 aliphatic heterocycles. The molecule has 0 radical (unpaired) electrons. The van der Waals surface area contributed by atoms with Crippen LogP contribution in [0.15, 0.2) is 12.4 Å². The van der Waals surface area contributed by atoms with Gasteiger partial charge >= 0.3 is 0 Å². The van der Waals surface area contributed by atoms with Crippen LogP contribution in [0.1, 0.15) is 32.0 Å². The van der Waals surface area contributed by atoms with Crippen LogP contribution in [0, 0.1) is 0 Å². The lowest BCUT2D eigenvalue weighted by molar-refractivity contribution is -0.132. The van der Waals surface area contributed by atoms with E-state index in [9.17, 15) is 4.79 Å². The number of ether oxygens (including phenoxy) is 1. The van der Waals surface area contributed by atoms with Gasteiger partial charge in [-0.2, -0.15) is 0 Å². The fourth-order valence-corrected chi connectivity index (χ4v) is 3.31. The van der Waals surface area contributed by atoms with Crippen LogP contribution in [0.3, 0.4) is 0 Å². The molecule has 0 bridgehead atoms. The Morgan fingerprint density at radius 2 is 2.27 bits per heavy atom. The molecule has 22 heavy (non-hydrogen) atoms. The molecular formula is C16H28N4O2. The molecule has 6 heteroatoms. The van der Waals surface area contributed by atoms with Gasteiger partial charge in [0.2, 0.25) is 5.91 Å². The molecule has 0 saturated carbocycles. The molecule has 1 aromatic heterocycles. The minimum Gasteiger partial charge on any atom is -0.383 e. The predicted octanol–water partition coefficient (Wildman–Crippen LogP) is 1.36. The number of methoxy groups -OCH3 is 1. The van der Waals surface area contributed by atoms with Crippen molar-refractivity contribution >= 4 is 5.91 Å². The Bertz CT molecular complexity index is 500. The maximum atomic E-state index is 12.3. The number of imidazole rings is 1. The number of likely N-dealkylation sites (tertiary alicyclic amines) is 1. The molecule has 6 nitrogen and oxygen atoms in total. The number of carbonyl (C=O) groups is 1. The number of carbonyl (C=O) groups excluding carboxylic acids is 1. The lowest BCUT2D eigenvalue weighted by atomic mass is 9.92. The molecule has 1 fully saturated rings. The first-order valence-corrected chi connectivity index (χ1v) is 7.96. The van der Waals surface area contributed by atoms with Crippen molar-refractivity contribution in [1.82, 2.24) is 19.4 Å². The van der Waals surface area contributed by atoms with Gasteiger partial charge in [0, 0.05) is 46.6 Å². The van der Waals surface area contributed by atoms with E-state index in [1.165, 1.54) is 0 Å². The maximum Gasteiger partial charge on any atom is 0.224 e. The molecule has 0 aliphatic carbocycles. The monoisotopic (exact) mass is 308 g/mol. The minimum atomic E-state index is -0.208. The number of aromatic nitrogens is 2. The van der Waals surface area contributed by atoms with E-state index < -0.39 is 0 Å². The summed E-state index contributed by atoms with van der Waals surface area (Å²) >= 11 is 0. The van der Waals surface area contributed by atoms with Crippen molar-refractivity contribution in [3.05, 3.63) is 18.2 Å². The SMILES string of the molecule is CCn1ccnc1CN1CCC[C@@]1(COC)CC(=O)N(C)C. The number of hydrogen-bond acceptors (Lipinski definition) is 4. The molecule has 0 spiro atoms. The highest BCUT2D eigenvalue weighted by atomic mass is 16.5. The second-order valence-corrected chi connectivity index (χ2v) is 6.28. The third-order valence-corrected chi connectivity index (χ3v) is 4.61. The third kappa shape index (κ3) is 3.50. The number of nitrogens with zero attached hydrogens (tertiary/aromatic N) is 4. The summed E-state index contributed by atoms with van der Waals surface area (Å²) in [5, 5.41) is 0. The van der Waals surface area contributed by atoms with Crippen LogP contribution in [0.5, 0.6) is 0 Å². The zero-order chi connectivity index (χ0) is 16.2. The molecule has 1 atom stereocenters. The first-order valence-electron chi connectivity index (χ1n) is 7.96. The Balaban J connectivity index is 2.18.